The van der Waals surface area contributed by atoms with Crippen LogP contribution in [0.5, 0.6) is 0 Å². The van der Waals surface area contributed by atoms with Gasteiger partial charge in [0.05, 0.1) is 5.92 Å². The Kier molecular flexibility index (Phi) is 5.35. The zero-order valence-corrected chi connectivity index (χ0v) is 15.5. The Hall–Kier alpha value is -1.59. The number of hydrogen-bond donors (Lipinski definition) is 1. The van der Waals surface area contributed by atoms with E-state index in [4.69, 9.17) is 17.3 Å². The van der Waals surface area contributed by atoms with E-state index >= 15 is 0 Å². The van der Waals surface area contributed by atoms with Crippen molar-refractivity contribution in [2.45, 2.75) is 38.1 Å². The fourth-order valence-corrected chi connectivity index (χ4v) is 4.02. The van der Waals surface area contributed by atoms with Crippen LogP contribution in [0, 0.1) is 5.92 Å². The lowest BCUT2D eigenvalue weighted by molar-refractivity contribution is -0.140. The van der Waals surface area contributed by atoms with Crippen molar-refractivity contribution >= 4 is 23.4 Å². The molecular formula is C19H26ClN3O2. The number of nitrogens with two attached hydrogens (primary N) is 1. The van der Waals surface area contributed by atoms with Crippen LogP contribution in [-0.4, -0.2) is 53.3 Å². The molecule has 25 heavy (non-hydrogen) atoms. The van der Waals surface area contributed by atoms with Crippen molar-refractivity contribution in [3.63, 3.8) is 0 Å². The standard InChI is InChI=1S/C19H26ClN3O2/c1-19(21)9-3-2-4-16(19)18(25)23-12-10-22(11-13-23)17(24)14-5-7-15(20)8-6-14/h5-8,16H,2-4,9-13,21H2,1H3. The van der Waals surface area contributed by atoms with Crippen molar-refractivity contribution in [1.82, 2.24) is 9.80 Å². The number of rotatable bonds is 2. The normalized spacial score (nSPS) is 27.2. The molecule has 0 bridgehead atoms. The van der Waals surface area contributed by atoms with Gasteiger partial charge >= 0.3 is 0 Å². The molecule has 0 aromatic heterocycles. The highest BCUT2D eigenvalue weighted by atomic mass is 35.5. The van der Waals surface area contributed by atoms with Gasteiger partial charge in [0.1, 0.15) is 0 Å². The smallest absolute Gasteiger partial charge is 0.253 e. The van der Waals surface area contributed by atoms with E-state index in [9.17, 15) is 9.59 Å². The molecule has 6 heteroatoms. The molecule has 1 aromatic rings. The van der Waals surface area contributed by atoms with Crippen molar-refractivity contribution in [2.24, 2.45) is 11.7 Å². The monoisotopic (exact) mass is 363 g/mol. The van der Waals surface area contributed by atoms with Crippen LogP contribution in [0.1, 0.15) is 43.0 Å². The molecular weight excluding hydrogens is 338 g/mol. The molecule has 2 fully saturated rings. The van der Waals surface area contributed by atoms with E-state index in [1.54, 1.807) is 29.2 Å². The number of benzene rings is 1. The van der Waals surface area contributed by atoms with E-state index in [2.05, 4.69) is 0 Å². The summed E-state index contributed by atoms with van der Waals surface area (Å²) in [5, 5.41) is 0.615. The Bertz CT molecular complexity index is 637. The van der Waals surface area contributed by atoms with E-state index in [-0.39, 0.29) is 17.7 Å². The van der Waals surface area contributed by atoms with Crippen LogP contribution in [0.2, 0.25) is 5.02 Å². The molecule has 1 heterocycles. The summed E-state index contributed by atoms with van der Waals surface area (Å²) in [6.45, 7) is 4.26. The fraction of sp³-hybridized carbons (Fsp3) is 0.579. The van der Waals surface area contributed by atoms with Gasteiger partial charge in [-0.25, -0.2) is 0 Å². The Morgan fingerprint density at radius 2 is 1.68 bits per heavy atom. The van der Waals surface area contributed by atoms with Gasteiger partial charge in [-0.1, -0.05) is 24.4 Å². The Labute approximate surface area is 154 Å². The maximum atomic E-state index is 12.9. The van der Waals surface area contributed by atoms with Gasteiger partial charge in [0.15, 0.2) is 0 Å². The van der Waals surface area contributed by atoms with Crippen molar-refractivity contribution in [1.29, 1.82) is 0 Å². The molecule has 1 aromatic carbocycles. The topological polar surface area (TPSA) is 66.6 Å². The molecule has 0 radical (unpaired) electrons. The van der Waals surface area contributed by atoms with Gasteiger partial charge in [0, 0.05) is 42.3 Å². The van der Waals surface area contributed by atoms with Gasteiger partial charge in [-0.3, -0.25) is 9.59 Å². The second kappa shape index (κ2) is 7.34. The molecule has 136 valence electrons. The molecule has 1 aliphatic carbocycles. The van der Waals surface area contributed by atoms with E-state index in [0.29, 0.717) is 36.8 Å². The first-order chi connectivity index (χ1) is 11.9. The predicted octanol–water partition coefficient (Wildman–Crippen LogP) is 2.53. The SMILES string of the molecule is CC1(N)CCCCC1C(=O)N1CCN(C(=O)c2ccc(Cl)cc2)CC1. The maximum Gasteiger partial charge on any atom is 0.253 e. The first-order valence-electron chi connectivity index (χ1n) is 9.01. The first-order valence-corrected chi connectivity index (χ1v) is 9.39. The second-order valence-electron chi connectivity index (χ2n) is 7.43. The summed E-state index contributed by atoms with van der Waals surface area (Å²) in [5.74, 6) is 0.0492. The summed E-state index contributed by atoms with van der Waals surface area (Å²) in [6, 6.07) is 6.92. The van der Waals surface area contributed by atoms with E-state index in [1.165, 1.54) is 0 Å². The Morgan fingerprint density at radius 1 is 1.08 bits per heavy atom. The van der Waals surface area contributed by atoms with Gasteiger partial charge in [0.25, 0.3) is 5.91 Å². The van der Waals surface area contributed by atoms with Crippen LogP contribution in [-0.2, 0) is 4.79 Å². The summed E-state index contributed by atoms with van der Waals surface area (Å²) in [5.41, 5.74) is 6.59. The number of hydrogen-bond acceptors (Lipinski definition) is 3. The molecule has 1 saturated heterocycles. The maximum absolute atomic E-state index is 12.9. The summed E-state index contributed by atoms with van der Waals surface area (Å²) < 4.78 is 0. The van der Waals surface area contributed by atoms with Gasteiger partial charge in [-0.05, 0) is 44.0 Å². The lowest BCUT2D eigenvalue weighted by Gasteiger charge is -2.42. The second-order valence-corrected chi connectivity index (χ2v) is 7.87. The third kappa shape index (κ3) is 3.98. The largest absolute Gasteiger partial charge is 0.339 e. The predicted molar refractivity (Wildman–Crippen MR) is 98.5 cm³/mol. The number of halogens is 1. The average Bonchev–Trinajstić information content (AvgIpc) is 2.61. The number of carbonyl (C=O) groups is 2. The highest BCUT2D eigenvalue weighted by Gasteiger charge is 2.40. The quantitative estimate of drug-likeness (QED) is 0.878. The van der Waals surface area contributed by atoms with Crippen molar-refractivity contribution in [3.05, 3.63) is 34.9 Å². The molecule has 1 saturated carbocycles. The van der Waals surface area contributed by atoms with Crippen LogP contribution >= 0.6 is 11.6 Å². The number of carbonyl (C=O) groups excluding carboxylic acids is 2. The minimum atomic E-state index is -0.411. The molecule has 2 aliphatic rings. The average molecular weight is 364 g/mol. The Balaban J connectivity index is 1.59. The molecule has 2 unspecified atom stereocenters. The summed E-state index contributed by atoms with van der Waals surface area (Å²) in [4.78, 5) is 29.1. The van der Waals surface area contributed by atoms with Crippen molar-refractivity contribution in [3.8, 4) is 0 Å². The first kappa shape index (κ1) is 18.2. The van der Waals surface area contributed by atoms with Crippen LogP contribution in [0.25, 0.3) is 0 Å². The van der Waals surface area contributed by atoms with Gasteiger partial charge in [-0.15, -0.1) is 0 Å². The fourth-order valence-electron chi connectivity index (χ4n) is 3.89. The van der Waals surface area contributed by atoms with E-state index in [0.717, 1.165) is 25.7 Å². The van der Waals surface area contributed by atoms with Gasteiger partial charge in [-0.2, -0.15) is 0 Å². The Morgan fingerprint density at radius 3 is 2.28 bits per heavy atom. The highest BCUT2D eigenvalue weighted by molar-refractivity contribution is 6.30. The molecule has 2 amide bonds. The minimum absolute atomic E-state index is 0.00917. The molecule has 2 atom stereocenters. The van der Waals surface area contributed by atoms with E-state index < -0.39 is 5.54 Å². The molecule has 0 spiro atoms. The van der Waals surface area contributed by atoms with Crippen LogP contribution in [0.4, 0.5) is 0 Å². The van der Waals surface area contributed by atoms with Crippen molar-refractivity contribution < 1.29 is 9.59 Å². The zero-order chi connectivity index (χ0) is 18.0. The van der Waals surface area contributed by atoms with E-state index in [1.807, 2.05) is 11.8 Å². The van der Waals surface area contributed by atoms with Gasteiger partial charge in [0.2, 0.25) is 5.91 Å². The van der Waals surface area contributed by atoms with Crippen LogP contribution < -0.4 is 5.73 Å². The number of piperazine rings is 1. The molecule has 1 aliphatic heterocycles. The van der Waals surface area contributed by atoms with Crippen LogP contribution in [0.15, 0.2) is 24.3 Å². The van der Waals surface area contributed by atoms with Crippen LogP contribution in [0.3, 0.4) is 0 Å². The molecule has 5 nitrogen and oxygen atoms in total. The molecule has 3 rings (SSSR count). The third-order valence-electron chi connectivity index (χ3n) is 5.52. The zero-order valence-electron chi connectivity index (χ0n) is 14.7. The third-order valence-corrected chi connectivity index (χ3v) is 5.77. The van der Waals surface area contributed by atoms with Crippen molar-refractivity contribution in [2.75, 3.05) is 26.2 Å². The summed E-state index contributed by atoms with van der Waals surface area (Å²) in [7, 11) is 0. The number of amides is 2. The molecule has 2 N–H and O–H groups in total. The number of nitrogens with zero attached hydrogens (tertiary/aromatic N) is 2. The highest BCUT2D eigenvalue weighted by Crippen LogP contribution is 2.33. The lowest BCUT2D eigenvalue weighted by Crippen LogP contribution is -2.57. The lowest BCUT2D eigenvalue weighted by atomic mass is 9.74. The van der Waals surface area contributed by atoms with Gasteiger partial charge < -0.3 is 15.5 Å². The summed E-state index contributed by atoms with van der Waals surface area (Å²) in [6.07, 6.45) is 3.94. The minimum Gasteiger partial charge on any atom is -0.339 e. The summed E-state index contributed by atoms with van der Waals surface area (Å²) >= 11 is 5.87.